The monoisotopic (exact) mass is 476 g/mol. The molecule has 0 fully saturated rings. The van der Waals surface area contributed by atoms with Gasteiger partial charge in [-0.2, -0.15) is 0 Å². The Balaban J connectivity index is 2.51. The fourth-order valence-electron chi connectivity index (χ4n) is 2.58. The third-order valence-corrected chi connectivity index (χ3v) is 4.73. The molecular formula is C17H21IN2O4S. The van der Waals surface area contributed by atoms with Crippen molar-refractivity contribution in [3.8, 4) is 11.5 Å². The Bertz CT molecular complexity index is 721. The zero-order chi connectivity index (χ0) is 18.6. The van der Waals surface area contributed by atoms with E-state index in [-0.39, 0.29) is 0 Å². The maximum atomic E-state index is 12.3. The van der Waals surface area contributed by atoms with E-state index >= 15 is 0 Å². The van der Waals surface area contributed by atoms with Crippen LogP contribution in [0.3, 0.4) is 0 Å². The number of carbonyl (C=O) groups is 1. The van der Waals surface area contributed by atoms with Gasteiger partial charge in [0.25, 0.3) is 0 Å². The molecule has 0 spiro atoms. The van der Waals surface area contributed by atoms with Crippen molar-refractivity contribution in [2.24, 2.45) is 0 Å². The van der Waals surface area contributed by atoms with Gasteiger partial charge in [-0.1, -0.05) is 6.92 Å². The van der Waals surface area contributed by atoms with E-state index in [1.165, 1.54) is 7.11 Å². The van der Waals surface area contributed by atoms with Gasteiger partial charge in [-0.3, -0.25) is 0 Å². The lowest BCUT2D eigenvalue weighted by Crippen LogP contribution is -2.45. The number of benzene rings is 1. The molecule has 0 aromatic heterocycles. The third kappa shape index (κ3) is 4.35. The van der Waals surface area contributed by atoms with Gasteiger partial charge >= 0.3 is 5.97 Å². The summed E-state index contributed by atoms with van der Waals surface area (Å²) in [6.45, 7) is 4.45. The van der Waals surface area contributed by atoms with Crippen LogP contribution < -0.4 is 20.1 Å². The third-order valence-electron chi connectivity index (χ3n) is 3.71. The number of rotatable bonds is 6. The molecule has 136 valence electrons. The summed E-state index contributed by atoms with van der Waals surface area (Å²) in [5.41, 5.74) is 1.99. The van der Waals surface area contributed by atoms with Crippen molar-refractivity contribution in [1.29, 1.82) is 0 Å². The molecule has 0 aliphatic carbocycles. The second kappa shape index (κ2) is 8.70. The predicted molar refractivity (Wildman–Crippen MR) is 108 cm³/mol. The van der Waals surface area contributed by atoms with Crippen LogP contribution >= 0.6 is 34.8 Å². The standard InChI is InChI=1S/C17H21IN2O4S/c1-5-6-24-15-11(18)7-10(8-12(15)22-3)14-13(16(21)23-4)9(2)19-17(25)20-14/h7-8,14H,5-6H2,1-4H3,(H2,19,20,25)/t14-/m0/s1. The topological polar surface area (TPSA) is 68.8 Å². The lowest BCUT2D eigenvalue weighted by molar-refractivity contribution is -0.136. The van der Waals surface area contributed by atoms with E-state index in [0.717, 1.165) is 15.6 Å². The Morgan fingerprint density at radius 1 is 1.36 bits per heavy atom. The van der Waals surface area contributed by atoms with Crippen LogP contribution in [0.15, 0.2) is 23.4 Å². The Labute approximate surface area is 166 Å². The molecule has 0 saturated carbocycles. The lowest BCUT2D eigenvalue weighted by Gasteiger charge is -2.30. The van der Waals surface area contributed by atoms with E-state index < -0.39 is 12.0 Å². The first-order chi connectivity index (χ1) is 11.9. The normalized spacial score (nSPS) is 16.8. The second-order valence-corrected chi connectivity index (χ2v) is 7.01. The van der Waals surface area contributed by atoms with Gasteiger partial charge in [0, 0.05) is 5.70 Å². The summed E-state index contributed by atoms with van der Waals surface area (Å²) in [7, 11) is 2.95. The number of esters is 1. The highest BCUT2D eigenvalue weighted by Gasteiger charge is 2.31. The summed E-state index contributed by atoms with van der Waals surface area (Å²) >= 11 is 7.45. The average molecular weight is 476 g/mol. The Morgan fingerprint density at radius 3 is 2.68 bits per heavy atom. The first-order valence-electron chi connectivity index (χ1n) is 7.79. The van der Waals surface area contributed by atoms with Crippen molar-refractivity contribution >= 4 is 45.9 Å². The van der Waals surface area contributed by atoms with Crippen molar-refractivity contribution in [2.45, 2.75) is 26.3 Å². The van der Waals surface area contributed by atoms with Crippen molar-refractivity contribution in [1.82, 2.24) is 10.6 Å². The van der Waals surface area contributed by atoms with Crippen LogP contribution in [0.4, 0.5) is 0 Å². The molecule has 1 atom stereocenters. The molecule has 1 aromatic rings. The van der Waals surface area contributed by atoms with E-state index in [0.29, 0.717) is 34.5 Å². The summed E-state index contributed by atoms with van der Waals surface area (Å²) in [6, 6.07) is 3.38. The van der Waals surface area contributed by atoms with Crippen LogP contribution in [0.2, 0.25) is 0 Å². The number of nitrogens with one attached hydrogen (secondary N) is 2. The molecule has 1 aliphatic heterocycles. The Morgan fingerprint density at radius 2 is 2.08 bits per heavy atom. The SMILES string of the molecule is CCCOc1c(I)cc([C@@H]2NC(=S)NC(C)=C2C(=O)OC)cc1OC. The van der Waals surface area contributed by atoms with E-state index in [9.17, 15) is 4.79 Å². The van der Waals surface area contributed by atoms with Crippen LogP contribution in [0, 0.1) is 3.57 Å². The van der Waals surface area contributed by atoms with Gasteiger partial charge in [-0.25, -0.2) is 4.79 Å². The molecule has 0 bridgehead atoms. The van der Waals surface area contributed by atoms with Crippen molar-refractivity contribution in [3.05, 3.63) is 32.5 Å². The molecular weight excluding hydrogens is 455 g/mol. The fraction of sp³-hybridized carbons (Fsp3) is 0.412. The zero-order valence-corrected chi connectivity index (χ0v) is 17.5. The van der Waals surface area contributed by atoms with E-state index in [1.54, 1.807) is 14.0 Å². The number of carbonyl (C=O) groups excluding carboxylic acids is 1. The van der Waals surface area contributed by atoms with Crippen LogP contribution in [-0.4, -0.2) is 31.9 Å². The van der Waals surface area contributed by atoms with Gasteiger partial charge in [0.05, 0.1) is 36.0 Å². The maximum Gasteiger partial charge on any atom is 0.337 e. The van der Waals surface area contributed by atoms with Gasteiger partial charge in [0.2, 0.25) is 0 Å². The van der Waals surface area contributed by atoms with E-state index in [4.69, 9.17) is 26.4 Å². The highest BCUT2D eigenvalue weighted by molar-refractivity contribution is 14.1. The minimum absolute atomic E-state index is 0.412. The summed E-state index contributed by atoms with van der Waals surface area (Å²) in [4.78, 5) is 12.3. The van der Waals surface area contributed by atoms with E-state index in [2.05, 4.69) is 33.2 Å². The minimum atomic E-state index is -0.427. The Kier molecular flexibility index (Phi) is 6.88. The predicted octanol–water partition coefficient (Wildman–Crippen LogP) is 3.05. The van der Waals surface area contributed by atoms with Crippen molar-refractivity contribution < 1.29 is 19.0 Å². The number of thiocarbonyl (C=S) groups is 1. The number of halogens is 1. The molecule has 0 amide bonds. The fourth-order valence-corrected chi connectivity index (χ4v) is 3.63. The van der Waals surface area contributed by atoms with Crippen LogP contribution in [0.25, 0.3) is 0 Å². The highest BCUT2D eigenvalue weighted by atomic mass is 127. The molecule has 1 aliphatic rings. The van der Waals surface area contributed by atoms with Crippen LogP contribution in [0.1, 0.15) is 31.9 Å². The number of hydrogen-bond donors (Lipinski definition) is 2. The summed E-state index contributed by atoms with van der Waals surface area (Å²) in [5.74, 6) is 0.902. The average Bonchev–Trinajstić information content (AvgIpc) is 2.58. The maximum absolute atomic E-state index is 12.3. The first-order valence-corrected chi connectivity index (χ1v) is 9.28. The molecule has 0 saturated heterocycles. The number of methoxy groups -OCH3 is 2. The smallest absolute Gasteiger partial charge is 0.337 e. The highest BCUT2D eigenvalue weighted by Crippen LogP contribution is 2.38. The van der Waals surface area contributed by atoms with Gasteiger partial charge in [-0.15, -0.1) is 0 Å². The summed E-state index contributed by atoms with van der Waals surface area (Å²) in [6.07, 6.45) is 0.902. The van der Waals surface area contributed by atoms with E-state index in [1.807, 2.05) is 19.1 Å². The lowest BCUT2D eigenvalue weighted by atomic mass is 9.95. The van der Waals surface area contributed by atoms with Crippen molar-refractivity contribution in [2.75, 3.05) is 20.8 Å². The summed E-state index contributed by atoms with van der Waals surface area (Å²) in [5, 5.41) is 6.55. The van der Waals surface area contributed by atoms with Crippen LogP contribution in [-0.2, 0) is 9.53 Å². The molecule has 8 heteroatoms. The molecule has 6 nitrogen and oxygen atoms in total. The summed E-state index contributed by atoms with van der Waals surface area (Å²) < 4.78 is 17.1. The molecule has 0 radical (unpaired) electrons. The molecule has 2 N–H and O–H groups in total. The second-order valence-electron chi connectivity index (χ2n) is 5.44. The van der Waals surface area contributed by atoms with Crippen LogP contribution in [0.5, 0.6) is 11.5 Å². The molecule has 1 aromatic carbocycles. The zero-order valence-electron chi connectivity index (χ0n) is 14.6. The minimum Gasteiger partial charge on any atom is -0.493 e. The largest absolute Gasteiger partial charge is 0.493 e. The molecule has 2 rings (SSSR count). The van der Waals surface area contributed by atoms with Crippen molar-refractivity contribution in [3.63, 3.8) is 0 Å². The van der Waals surface area contributed by atoms with Gasteiger partial charge in [0.1, 0.15) is 0 Å². The van der Waals surface area contributed by atoms with Gasteiger partial charge in [0.15, 0.2) is 16.6 Å². The molecule has 0 unspecified atom stereocenters. The van der Waals surface area contributed by atoms with Gasteiger partial charge in [-0.05, 0) is 65.8 Å². The van der Waals surface area contributed by atoms with Gasteiger partial charge < -0.3 is 24.8 Å². The molecule has 1 heterocycles. The quantitative estimate of drug-likeness (QED) is 0.372. The number of ether oxygens (including phenoxy) is 3. The first kappa shape index (κ1) is 19.8. The number of allylic oxidation sites excluding steroid dienone is 1. The number of hydrogen-bond acceptors (Lipinski definition) is 5. The molecule has 25 heavy (non-hydrogen) atoms. The Hall–Kier alpha value is -1.55.